The van der Waals surface area contributed by atoms with Crippen LogP contribution in [0.4, 0.5) is 34.1 Å². The van der Waals surface area contributed by atoms with Gasteiger partial charge in [-0.15, -0.1) is 0 Å². The molecular formula is C94H70N2. The van der Waals surface area contributed by atoms with Crippen molar-refractivity contribution in [2.45, 2.75) is 38.5 Å². The molecule has 16 aromatic carbocycles. The van der Waals surface area contributed by atoms with Gasteiger partial charge in [0.2, 0.25) is 0 Å². The maximum absolute atomic E-state index is 2.54. The van der Waals surface area contributed by atoms with Crippen molar-refractivity contribution in [3.63, 3.8) is 0 Å². The van der Waals surface area contributed by atoms with E-state index in [0.717, 1.165) is 34.1 Å². The van der Waals surface area contributed by atoms with E-state index >= 15 is 0 Å². The number of nitrogens with zero attached hydrogens (tertiary/aromatic N) is 2. The molecular weight excluding hydrogens is 1160 g/mol. The highest BCUT2D eigenvalue weighted by Crippen LogP contribution is 2.57. The quantitative estimate of drug-likeness (QED) is 0.126. The smallest absolute Gasteiger partial charge is 0.0462 e. The van der Waals surface area contributed by atoms with Crippen LogP contribution < -0.4 is 9.80 Å². The molecule has 0 aliphatic heterocycles. The van der Waals surface area contributed by atoms with Crippen molar-refractivity contribution in [1.82, 2.24) is 0 Å². The second kappa shape index (κ2) is 23.6. The largest absolute Gasteiger partial charge is 0.311 e. The molecule has 0 saturated heterocycles. The van der Waals surface area contributed by atoms with Crippen molar-refractivity contribution >= 4 is 77.2 Å². The van der Waals surface area contributed by atoms with Gasteiger partial charge in [-0.2, -0.15) is 0 Å². The molecule has 2 aliphatic rings. The molecule has 0 aromatic heterocycles. The fourth-order valence-electron chi connectivity index (χ4n) is 15.6. The zero-order chi connectivity index (χ0) is 64.5. The molecule has 96 heavy (non-hydrogen) atoms. The van der Waals surface area contributed by atoms with Crippen molar-refractivity contribution in [2.75, 3.05) is 9.80 Å². The summed E-state index contributed by atoms with van der Waals surface area (Å²) in [5.41, 5.74) is 27.6. The number of hydrogen-bond acceptors (Lipinski definition) is 2. The first-order chi connectivity index (χ1) is 47.1. The molecule has 0 N–H and O–H groups in total. The number of rotatable bonds is 10. The summed E-state index contributed by atoms with van der Waals surface area (Å²) in [6.45, 7) is 9.62. The fraction of sp³-hybridized carbons (Fsp3) is 0.0638. The van der Waals surface area contributed by atoms with Gasteiger partial charge >= 0.3 is 0 Å². The molecule has 0 spiro atoms. The minimum Gasteiger partial charge on any atom is -0.311 e. The molecule has 2 aliphatic carbocycles. The van der Waals surface area contributed by atoms with Crippen molar-refractivity contribution in [3.8, 4) is 66.8 Å². The molecule has 16 aromatic rings. The summed E-state index contributed by atoms with van der Waals surface area (Å²) in [5, 5.41) is 10.2. The van der Waals surface area contributed by atoms with Gasteiger partial charge < -0.3 is 9.80 Å². The van der Waals surface area contributed by atoms with Gasteiger partial charge in [-0.05, 0) is 235 Å². The third-order valence-corrected chi connectivity index (χ3v) is 20.5. The minimum atomic E-state index is -0.141. The molecule has 0 bridgehead atoms. The summed E-state index contributed by atoms with van der Waals surface area (Å²) in [6, 6.07) is 128. The van der Waals surface area contributed by atoms with Crippen LogP contribution in [0.2, 0.25) is 0 Å². The van der Waals surface area contributed by atoms with Crippen LogP contribution in [0.3, 0.4) is 0 Å². The summed E-state index contributed by atoms with van der Waals surface area (Å²) < 4.78 is 0. The van der Waals surface area contributed by atoms with Crippen LogP contribution in [0.15, 0.2) is 352 Å². The number of fused-ring (bicyclic) bond motifs is 10. The first-order valence-electron chi connectivity index (χ1n) is 33.5. The average molecular weight is 1230 g/mol. The molecule has 0 fully saturated rings. The topological polar surface area (TPSA) is 6.48 Å². The van der Waals surface area contributed by atoms with E-state index < -0.39 is 0 Å². The zero-order valence-electron chi connectivity index (χ0n) is 54.4. The Balaban J connectivity index is 0.000000172. The van der Waals surface area contributed by atoms with Crippen LogP contribution in [0.1, 0.15) is 49.9 Å². The van der Waals surface area contributed by atoms with Crippen LogP contribution >= 0.6 is 0 Å². The Morgan fingerprint density at radius 2 is 0.458 bits per heavy atom. The molecule has 0 heterocycles. The van der Waals surface area contributed by atoms with Gasteiger partial charge in [-0.1, -0.05) is 276 Å². The highest BCUT2D eigenvalue weighted by molar-refractivity contribution is 6.22. The van der Waals surface area contributed by atoms with Crippen LogP contribution in [0.5, 0.6) is 0 Å². The predicted molar refractivity (Wildman–Crippen MR) is 409 cm³/mol. The molecule has 2 heteroatoms. The predicted octanol–water partition coefficient (Wildman–Crippen LogP) is 26.2. The van der Waals surface area contributed by atoms with Gasteiger partial charge in [0.25, 0.3) is 0 Å². The van der Waals surface area contributed by atoms with E-state index in [1.54, 1.807) is 0 Å². The number of anilines is 6. The Kier molecular flexibility index (Phi) is 14.3. The SMILES string of the molecule is CC1(C)c2cc(-c3ccc(N(c4ccccc4)c4ccccc4)cc3)ccc2-c2cc3c(cc21)C(C)(C)c1cc(-c2ccc(N(c4ccccc4)c4ccccc4)cc2)ccc1-3.c1ccc2cc(-c3c4ccccc4c(-c4ccc5ccccc5c4)c4ccccc34)ccc2c1. The highest BCUT2D eigenvalue weighted by atomic mass is 15.1. The lowest BCUT2D eigenvalue weighted by atomic mass is 9.77. The van der Waals surface area contributed by atoms with Gasteiger partial charge in [0.05, 0.1) is 0 Å². The Morgan fingerprint density at radius 3 is 0.802 bits per heavy atom. The summed E-state index contributed by atoms with van der Waals surface area (Å²) in [7, 11) is 0. The lowest BCUT2D eigenvalue weighted by Crippen LogP contribution is -2.19. The number of hydrogen-bond donors (Lipinski definition) is 0. The minimum absolute atomic E-state index is 0.141. The molecule has 2 nitrogen and oxygen atoms in total. The van der Waals surface area contributed by atoms with Crippen molar-refractivity contribution in [3.05, 3.63) is 374 Å². The first-order valence-corrected chi connectivity index (χ1v) is 33.5. The zero-order valence-corrected chi connectivity index (χ0v) is 54.4. The van der Waals surface area contributed by atoms with Crippen LogP contribution in [0, 0.1) is 0 Å². The molecule has 456 valence electrons. The monoisotopic (exact) mass is 1230 g/mol. The molecule has 0 unspecified atom stereocenters. The lowest BCUT2D eigenvalue weighted by molar-refractivity contribution is 0.639. The molecule has 0 atom stereocenters. The second-order valence-corrected chi connectivity index (χ2v) is 26.8. The normalized spacial score (nSPS) is 13.0. The van der Waals surface area contributed by atoms with Crippen molar-refractivity contribution < 1.29 is 0 Å². The Labute approximate surface area is 562 Å². The van der Waals surface area contributed by atoms with E-state index in [1.807, 2.05) is 0 Å². The van der Waals surface area contributed by atoms with E-state index in [9.17, 15) is 0 Å². The summed E-state index contributed by atoms with van der Waals surface area (Å²) in [5.74, 6) is 0. The van der Waals surface area contributed by atoms with Gasteiger partial charge in [-0.3, -0.25) is 0 Å². The van der Waals surface area contributed by atoms with Gasteiger partial charge in [0.15, 0.2) is 0 Å². The van der Waals surface area contributed by atoms with Crippen LogP contribution in [-0.2, 0) is 10.8 Å². The van der Waals surface area contributed by atoms with E-state index in [1.165, 1.54) is 132 Å². The third kappa shape index (κ3) is 10.0. The Bertz CT molecular complexity index is 5130. The molecule has 0 saturated carbocycles. The highest BCUT2D eigenvalue weighted by Gasteiger charge is 2.42. The average Bonchev–Trinajstić information content (AvgIpc) is 1.41. The standard InChI is InChI=1S/C60H48N2.C34H22/c1-59(2)55-37-43(41-25-31-49(32-26-41)61(45-17-9-5-10-18-45)46-19-11-6-12-20-46)29-35-51(55)53-39-54-52-36-30-44(38-56(52)60(3,4)58(54)40-57(53)59)42-27-33-50(34-28-42)62(47-21-13-7-14-22-47)48-23-15-8-16-24-48;1-3-11-25-21-27(19-17-23(25)9-1)33-29-13-5-7-15-31(29)34(32-16-8-6-14-30(32)33)28-20-18-24-10-2-4-12-26(24)22-28/h5-40H,1-4H3;1-22H. The first kappa shape index (κ1) is 58.0. The fourth-order valence-corrected chi connectivity index (χ4v) is 15.6. The van der Waals surface area contributed by atoms with Crippen LogP contribution in [0.25, 0.3) is 110 Å². The molecule has 0 amide bonds. The lowest BCUT2D eigenvalue weighted by Gasteiger charge is -2.26. The van der Waals surface area contributed by atoms with E-state index in [2.05, 4.69) is 389 Å². The molecule has 18 rings (SSSR count). The van der Waals surface area contributed by atoms with E-state index in [0.29, 0.717) is 0 Å². The third-order valence-electron chi connectivity index (χ3n) is 20.5. The van der Waals surface area contributed by atoms with Gasteiger partial charge in [0.1, 0.15) is 0 Å². The summed E-state index contributed by atoms with van der Waals surface area (Å²) in [4.78, 5) is 4.63. The van der Waals surface area contributed by atoms with Crippen LogP contribution in [-0.4, -0.2) is 0 Å². The summed E-state index contributed by atoms with van der Waals surface area (Å²) in [6.07, 6.45) is 0. The van der Waals surface area contributed by atoms with Crippen molar-refractivity contribution in [2.24, 2.45) is 0 Å². The maximum atomic E-state index is 2.54. The van der Waals surface area contributed by atoms with Gasteiger partial charge in [0, 0.05) is 45.0 Å². The Hall–Kier alpha value is -11.8. The summed E-state index contributed by atoms with van der Waals surface area (Å²) >= 11 is 0. The van der Waals surface area contributed by atoms with E-state index in [-0.39, 0.29) is 10.8 Å². The Morgan fingerprint density at radius 1 is 0.188 bits per heavy atom. The molecule has 0 radical (unpaired) electrons. The van der Waals surface area contributed by atoms with Crippen molar-refractivity contribution in [1.29, 1.82) is 0 Å². The second-order valence-electron chi connectivity index (χ2n) is 26.8. The van der Waals surface area contributed by atoms with E-state index in [4.69, 9.17) is 0 Å². The maximum Gasteiger partial charge on any atom is 0.0462 e. The number of para-hydroxylation sites is 4. The van der Waals surface area contributed by atoms with Gasteiger partial charge in [-0.25, -0.2) is 0 Å². The number of benzene rings is 16.